The molecule has 0 aliphatic carbocycles. The zero-order chi connectivity index (χ0) is 17.3. The van der Waals surface area contributed by atoms with Crippen LogP contribution in [0.15, 0.2) is 48.5 Å². The predicted octanol–water partition coefficient (Wildman–Crippen LogP) is 2.16. The van der Waals surface area contributed by atoms with Crippen molar-refractivity contribution in [2.24, 2.45) is 0 Å². The van der Waals surface area contributed by atoms with Crippen molar-refractivity contribution < 1.29 is 17.8 Å². The van der Waals surface area contributed by atoms with Crippen LogP contribution in [0.2, 0.25) is 0 Å². The molecule has 5 nitrogen and oxygen atoms in total. The second-order valence-corrected chi connectivity index (χ2v) is 7.66. The van der Waals surface area contributed by atoms with Gasteiger partial charge in [0.2, 0.25) is 0 Å². The predicted molar refractivity (Wildman–Crippen MR) is 89.3 cm³/mol. The van der Waals surface area contributed by atoms with Crippen LogP contribution < -0.4 is 4.48 Å². The fourth-order valence-corrected chi connectivity index (χ4v) is 2.89. The molecule has 0 aromatic heterocycles. The first-order chi connectivity index (χ1) is 10.6. The number of rotatable bonds is 5. The summed E-state index contributed by atoms with van der Waals surface area (Å²) in [5, 5.41) is 0. The van der Waals surface area contributed by atoms with Gasteiger partial charge in [-0.3, -0.25) is 9.28 Å². The minimum Gasteiger partial charge on any atom is -0.748 e. The van der Waals surface area contributed by atoms with Gasteiger partial charge in [0.15, 0.2) is 5.78 Å². The van der Waals surface area contributed by atoms with Gasteiger partial charge in [0.05, 0.1) is 37.0 Å². The molecule has 0 aliphatic heterocycles. The Morgan fingerprint density at radius 3 is 2.17 bits per heavy atom. The van der Waals surface area contributed by atoms with Gasteiger partial charge < -0.3 is 4.55 Å². The van der Waals surface area contributed by atoms with E-state index in [9.17, 15) is 17.8 Å². The van der Waals surface area contributed by atoms with Gasteiger partial charge in [-0.2, -0.15) is 0 Å². The topological polar surface area (TPSA) is 74.3 Å². The molecule has 0 saturated heterocycles. The maximum atomic E-state index is 12.6. The first kappa shape index (κ1) is 17.3. The molecule has 0 bridgehead atoms. The Labute approximate surface area is 136 Å². The summed E-state index contributed by atoms with van der Waals surface area (Å²) in [6.07, 6.45) is 0. The minimum atomic E-state index is -4.49. The van der Waals surface area contributed by atoms with Crippen LogP contribution in [0.3, 0.4) is 0 Å². The third-order valence-corrected chi connectivity index (χ3v) is 4.14. The molecule has 0 unspecified atom stereocenters. The summed E-state index contributed by atoms with van der Waals surface area (Å²) in [4.78, 5) is 12.6. The van der Waals surface area contributed by atoms with Gasteiger partial charge in [-0.05, 0) is 17.7 Å². The monoisotopic (exact) mass is 333 g/mol. The van der Waals surface area contributed by atoms with Crippen LogP contribution in [0.25, 0.3) is 0 Å². The molecule has 0 N–H and O–H groups in total. The summed E-state index contributed by atoms with van der Waals surface area (Å²) in [7, 11) is 1.27. The molecule has 0 fully saturated rings. The summed E-state index contributed by atoms with van der Waals surface area (Å²) in [6, 6.07) is 13.6. The number of carbonyl (C=O) groups is 1. The van der Waals surface area contributed by atoms with Crippen molar-refractivity contribution in [2.75, 3.05) is 21.1 Å². The van der Waals surface area contributed by atoms with Crippen LogP contribution in [0.1, 0.15) is 21.5 Å². The molecule has 6 heteroatoms. The van der Waals surface area contributed by atoms with E-state index in [0.29, 0.717) is 10.0 Å². The van der Waals surface area contributed by atoms with Gasteiger partial charge in [-0.1, -0.05) is 30.3 Å². The van der Waals surface area contributed by atoms with Gasteiger partial charge in [0.1, 0.15) is 5.69 Å². The van der Waals surface area contributed by atoms with Crippen molar-refractivity contribution in [3.63, 3.8) is 0 Å². The van der Waals surface area contributed by atoms with E-state index < -0.39 is 15.9 Å². The third-order valence-electron chi connectivity index (χ3n) is 3.48. The van der Waals surface area contributed by atoms with E-state index in [-0.39, 0.29) is 16.9 Å². The normalized spacial score (nSPS) is 12.2. The molecule has 2 rings (SSSR count). The molecule has 0 atom stereocenters. The van der Waals surface area contributed by atoms with Crippen LogP contribution in [-0.2, 0) is 15.9 Å². The lowest BCUT2D eigenvalue weighted by molar-refractivity contribution is 0.103. The first-order valence-electron chi connectivity index (χ1n) is 7.06. The summed E-state index contributed by atoms with van der Waals surface area (Å²) < 4.78 is 34.1. The average Bonchev–Trinajstić information content (AvgIpc) is 2.45. The molecule has 122 valence electrons. The smallest absolute Gasteiger partial charge is 0.193 e. The van der Waals surface area contributed by atoms with Crippen molar-refractivity contribution >= 4 is 21.6 Å². The Balaban J connectivity index is 2.56. The molecule has 0 radical (unpaired) electrons. The van der Waals surface area contributed by atoms with Crippen LogP contribution in [0.5, 0.6) is 0 Å². The lowest BCUT2D eigenvalue weighted by Crippen LogP contribution is -2.35. The Kier molecular flexibility index (Phi) is 4.70. The number of hydrogen-bond acceptors (Lipinski definition) is 4. The standard InChI is InChI=1S/C17H19NO4S/c1-18(2,3)15-9-10-16(14(11-15)12-23(20,21)22)17(19)13-7-5-4-6-8-13/h4-11H,12H2,1-3H3. The number of benzene rings is 2. The highest BCUT2D eigenvalue weighted by molar-refractivity contribution is 7.84. The maximum Gasteiger partial charge on any atom is 0.193 e. The Hall–Kier alpha value is -2.02. The average molecular weight is 333 g/mol. The van der Waals surface area contributed by atoms with Gasteiger partial charge >= 0.3 is 0 Å². The largest absolute Gasteiger partial charge is 0.748 e. The van der Waals surface area contributed by atoms with Crippen molar-refractivity contribution in [1.82, 2.24) is 4.48 Å². The van der Waals surface area contributed by atoms with Gasteiger partial charge in [-0.25, -0.2) is 8.42 Å². The van der Waals surface area contributed by atoms with E-state index in [1.165, 1.54) is 0 Å². The second kappa shape index (κ2) is 6.23. The number of ketones is 1. The highest BCUT2D eigenvalue weighted by Crippen LogP contribution is 2.25. The molecule has 0 aliphatic rings. The highest BCUT2D eigenvalue weighted by Gasteiger charge is 2.20. The van der Waals surface area contributed by atoms with E-state index in [1.807, 2.05) is 21.1 Å². The zero-order valence-corrected chi connectivity index (χ0v) is 14.1. The van der Waals surface area contributed by atoms with E-state index >= 15 is 0 Å². The van der Waals surface area contributed by atoms with E-state index in [4.69, 9.17) is 0 Å². The quantitative estimate of drug-likeness (QED) is 0.477. The maximum absolute atomic E-state index is 12.6. The fourth-order valence-electron chi connectivity index (χ4n) is 2.27. The van der Waals surface area contributed by atoms with Crippen molar-refractivity contribution in [1.29, 1.82) is 0 Å². The van der Waals surface area contributed by atoms with Crippen LogP contribution >= 0.6 is 0 Å². The number of nitrogens with zero attached hydrogens (tertiary/aromatic N) is 1. The Morgan fingerprint density at radius 2 is 1.65 bits per heavy atom. The Bertz CT molecular complexity index is 821. The van der Waals surface area contributed by atoms with Crippen molar-refractivity contribution in [3.8, 4) is 0 Å². The number of hydrogen-bond donors (Lipinski definition) is 0. The number of carbonyl (C=O) groups excluding carboxylic acids is 1. The van der Waals surface area contributed by atoms with Gasteiger partial charge in [0.25, 0.3) is 0 Å². The summed E-state index contributed by atoms with van der Waals surface area (Å²) in [5.41, 5.74) is 1.75. The van der Waals surface area contributed by atoms with Crippen LogP contribution in [-0.4, -0.2) is 39.9 Å². The molecule has 0 spiro atoms. The van der Waals surface area contributed by atoms with Crippen LogP contribution in [0.4, 0.5) is 5.69 Å². The summed E-state index contributed by atoms with van der Waals surface area (Å²) in [5.74, 6) is -0.994. The van der Waals surface area contributed by atoms with Gasteiger partial charge in [-0.15, -0.1) is 0 Å². The highest BCUT2D eigenvalue weighted by atomic mass is 32.2. The SMILES string of the molecule is C[N+](C)(C)c1ccc(C(=O)c2ccccc2)c(CS(=O)(=O)[O-])c1. The second-order valence-electron chi connectivity index (χ2n) is 6.25. The molecule has 0 saturated carbocycles. The van der Waals surface area contributed by atoms with Crippen LogP contribution in [0, 0.1) is 0 Å². The molecule has 2 aromatic rings. The number of quaternary nitrogens is 1. The summed E-state index contributed by atoms with van der Waals surface area (Å²) in [6.45, 7) is 0. The Morgan fingerprint density at radius 1 is 1.04 bits per heavy atom. The molecular weight excluding hydrogens is 314 g/mol. The lowest BCUT2D eigenvalue weighted by Gasteiger charge is -2.25. The van der Waals surface area contributed by atoms with Gasteiger partial charge in [0, 0.05) is 17.2 Å². The molecule has 0 amide bonds. The van der Waals surface area contributed by atoms with E-state index in [2.05, 4.69) is 0 Å². The third kappa shape index (κ3) is 4.48. The molecule has 23 heavy (non-hydrogen) atoms. The zero-order valence-electron chi connectivity index (χ0n) is 13.3. The van der Waals surface area contributed by atoms with E-state index in [1.54, 1.807) is 48.5 Å². The fraction of sp³-hybridized carbons (Fsp3) is 0.235. The first-order valence-corrected chi connectivity index (χ1v) is 8.64. The lowest BCUT2D eigenvalue weighted by atomic mass is 9.98. The van der Waals surface area contributed by atoms with Crippen molar-refractivity contribution in [3.05, 3.63) is 65.2 Å². The molecule has 2 aromatic carbocycles. The minimum absolute atomic E-state index is 0.236. The molecule has 0 heterocycles. The summed E-state index contributed by atoms with van der Waals surface area (Å²) >= 11 is 0. The van der Waals surface area contributed by atoms with Crippen molar-refractivity contribution in [2.45, 2.75) is 5.75 Å². The van der Waals surface area contributed by atoms with E-state index in [0.717, 1.165) is 5.69 Å². The molecular formula is C17H19NO4S.